The monoisotopic (exact) mass is 412 g/mol. The van der Waals surface area contributed by atoms with E-state index in [4.69, 9.17) is 9.90 Å². The molecule has 0 spiro atoms. The fraction of sp³-hybridized carbons (Fsp3) is 0.815. The number of hydrogen-bond donors (Lipinski definition) is 1. The molecular weight excluding hydrogens is 356 g/mol. The summed E-state index contributed by atoms with van der Waals surface area (Å²) in [5.41, 5.74) is 1.79. The molecule has 0 aromatic heterocycles. The zero-order valence-electron chi connectivity index (χ0n) is 22.0. The number of carboxylic acids is 1. The Hall–Kier alpha value is -1.05. The van der Waals surface area contributed by atoms with Gasteiger partial charge in [0.15, 0.2) is 0 Å². The van der Waals surface area contributed by atoms with Crippen LogP contribution >= 0.6 is 0 Å². The van der Waals surface area contributed by atoms with Crippen molar-refractivity contribution in [3.8, 4) is 0 Å². The van der Waals surface area contributed by atoms with Crippen LogP contribution in [0.2, 0.25) is 0 Å². The van der Waals surface area contributed by atoms with Gasteiger partial charge in [-0.1, -0.05) is 100 Å². The number of rotatable bonds is 3. The quantitative estimate of drug-likeness (QED) is 0.468. The van der Waals surface area contributed by atoms with Gasteiger partial charge in [0.2, 0.25) is 0 Å². The first-order chi connectivity index (χ1) is 13.9. The topological polar surface area (TPSA) is 37.3 Å². The number of carboxylic acid groups (broad SMARTS) is 1. The van der Waals surface area contributed by atoms with Gasteiger partial charge in [-0.05, 0) is 48.9 Å². The van der Waals surface area contributed by atoms with Gasteiger partial charge in [-0.3, -0.25) is 4.79 Å². The molecule has 2 nitrogen and oxygen atoms in total. The van der Waals surface area contributed by atoms with E-state index in [9.17, 15) is 0 Å². The summed E-state index contributed by atoms with van der Waals surface area (Å²) in [5, 5.41) is 7.42. The van der Waals surface area contributed by atoms with Crippen LogP contribution in [0.1, 0.15) is 115 Å². The normalized spacial score (nSPS) is 24.7. The Morgan fingerprint density at radius 3 is 1.93 bits per heavy atom. The highest BCUT2D eigenvalue weighted by Gasteiger charge is 2.37. The number of aliphatic carboxylic acids is 1. The molecule has 29 heavy (non-hydrogen) atoms. The van der Waals surface area contributed by atoms with E-state index in [0.717, 1.165) is 36.5 Å². The fourth-order valence-electron chi connectivity index (χ4n) is 4.12. The largest absolute Gasteiger partial charge is 0.481 e. The molecule has 2 rings (SSSR count). The van der Waals surface area contributed by atoms with Gasteiger partial charge in [0.1, 0.15) is 0 Å². The lowest BCUT2D eigenvalue weighted by molar-refractivity contribution is -0.134. The first-order valence-corrected chi connectivity index (χ1v) is 12.2. The predicted molar refractivity (Wildman–Crippen MR) is 135 cm³/mol. The van der Waals surface area contributed by atoms with E-state index in [-0.39, 0.29) is 0 Å². The van der Waals surface area contributed by atoms with Gasteiger partial charge in [0.25, 0.3) is 5.97 Å². The third-order valence-corrected chi connectivity index (χ3v) is 5.64. The summed E-state index contributed by atoms with van der Waals surface area (Å²) in [6, 6.07) is 0. The Morgan fingerprint density at radius 2 is 1.52 bits per heavy atom. The maximum Gasteiger partial charge on any atom is 0.300 e. The number of carbonyl (C=O) groups is 1. The van der Waals surface area contributed by atoms with Crippen molar-refractivity contribution in [3.05, 3.63) is 24.8 Å². The van der Waals surface area contributed by atoms with Gasteiger partial charge in [0, 0.05) is 6.92 Å². The Kier molecular flexibility index (Phi) is 30.5. The summed E-state index contributed by atoms with van der Waals surface area (Å²) in [6.45, 7) is 28.8. The van der Waals surface area contributed by atoms with Gasteiger partial charge in [-0.25, -0.2) is 0 Å². The molecule has 4 unspecified atom stereocenters. The molecule has 1 N–H and O–H groups in total. The SMILES string of the molecule is C=C.CC.CC.CC.CC(=O)O.CCC(C)CC1=CCC2C(CCC[C@@H]2C)C1C. The van der Waals surface area contributed by atoms with Crippen molar-refractivity contribution in [1.29, 1.82) is 0 Å². The average molecular weight is 413 g/mol. The van der Waals surface area contributed by atoms with Gasteiger partial charge in [-0.2, -0.15) is 0 Å². The van der Waals surface area contributed by atoms with E-state index in [0.29, 0.717) is 0 Å². The summed E-state index contributed by atoms with van der Waals surface area (Å²) in [4.78, 5) is 9.00. The third kappa shape index (κ3) is 16.4. The molecular formula is C27H56O2. The second-order valence-corrected chi connectivity index (χ2v) is 7.28. The van der Waals surface area contributed by atoms with Crippen LogP contribution in [0.5, 0.6) is 0 Å². The lowest BCUT2D eigenvalue weighted by atomic mass is 9.62. The Labute approximate surface area is 185 Å². The van der Waals surface area contributed by atoms with E-state index in [1.54, 1.807) is 5.57 Å². The minimum Gasteiger partial charge on any atom is -0.481 e. The molecule has 5 atom stereocenters. The standard InChI is InChI=1S/C17H30.C2H4O2.3C2H6.C2H4/c1-5-12(2)11-15-9-10-16-13(3)7-6-8-17(16)14(15)4;1-2(3)4;4*1-2/h9,12-14,16-17H,5-8,10-11H2,1-4H3;1H3,(H,3,4);3*1-2H3;1-2H2/t12?,13-,14?,16?,17?;;;;;/m0...../s1. The Bertz CT molecular complexity index is 369. The summed E-state index contributed by atoms with van der Waals surface area (Å²) in [6.07, 6.45) is 11.1. The van der Waals surface area contributed by atoms with Gasteiger partial charge < -0.3 is 5.11 Å². The zero-order chi connectivity index (χ0) is 24.0. The summed E-state index contributed by atoms with van der Waals surface area (Å²) >= 11 is 0. The minimum absolute atomic E-state index is 0.833. The maximum absolute atomic E-state index is 9.00. The van der Waals surface area contributed by atoms with E-state index < -0.39 is 5.97 Å². The summed E-state index contributed by atoms with van der Waals surface area (Å²) < 4.78 is 0. The number of allylic oxidation sites excluding steroid dienone is 2. The van der Waals surface area contributed by atoms with Crippen molar-refractivity contribution in [1.82, 2.24) is 0 Å². The Morgan fingerprint density at radius 1 is 1.07 bits per heavy atom. The molecule has 1 fully saturated rings. The number of fused-ring (bicyclic) bond motifs is 1. The van der Waals surface area contributed by atoms with Crippen molar-refractivity contribution < 1.29 is 9.90 Å². The van der Waals surface area contributed by atoms with Crippen LogP contribution in [0.3, 0.4) is 0 Å². The van der Waals surface area contributed by atoms with Crippen molar-refractivity contribution in [2.75, 3.05) is 0 Å². The summed E-state index contributed by atoms with van der Waals surface area (Å²) in [5.74, 6) is 3.88. The van der Waals surface area contributed by atoms with Crippen LogP contribution in [0, 0.1) is 29.6 Å². The van der Waals surface area contributed by atoms with Crippen LogP contribution in [0.25, 0.3) is 0 Å². The predicted octanol–water partition coefficient (Wildman–Crippen LogP) is 9.41. The first-order valence-electron chi connectivity index (χ1n) is 12.2. The molecule has 0 bridgehead atoms. The van der Waals surface area contributed by atoms with Crippen LogP contribution in [-0.4, -0.2) is 11.1 Å². The van der Waals surface area contributed by atoms with E-state index in [1.807, 2.05) is 41.5 Å². The molecule has 2 aliphatic rings. The minimum atomic E-state index is -0.833. The van der Waals surface area contributed by atoms with E-state index in [1.165, 1.54) is 38.5 Å². The first kappa shape index (κ1) is 35.4. The second-order valence-electron chi connectivity index (χ2n) is 7.28. The third-order valence-electron chi connectivity index (χ3n) is 5.64. The molecule has 2 heteroatoms. The molecule has 0 aromatic rings. The van der Waals surface area contributed by atoms with Crippen molar-refractivity contribution in [3.63, 3.8) is 0 Å². The smallest absolute Gasteiger partial charge is 0.300 e. The van der Waals surface area contributed by atoms with Gasteiger partial charge in [0.05, 0.1) is 0 Å². The number of hydrogen-bond acceptors (Lipinski definition) is 1. The highest BCUT2D eigenvalue weighted by Crippen LogP contribution is 2.47. The van der Waals surface area contributed by atoms with Crippen molar-refractivity contribution in [2.45, 2.75) is 115 Å². The fourth-order valence-corrected chi connectivity index (χ4v) is 4.12. The van der Waals surface area contributed by atoms with Crippen LogP contribution in [-0.2, 0) is 4.79 Å². The lowest BCUT2D eigenvalue weighted by Crippen LogP contribution is -2.34. The van der Waals surface area contributed by atoms with E-state index >= 15 is 0 Å². The highest BCUT2D eigenvalue weighted by atomic mass is 16.4. The molecule has 0 saturated heterocycles. The van der Waals surface area contributed by atoms with Crippen molar-refractivity contribution >= 4 is 5.97 Å². The maximum atomic E-state index is 9.00. The Balaban J connectivity index is -0.000000221. The molecule has 0 amide bonds. The summed E-state index contributed by atoms with van der Waals surface area (Å²) in [7, 11) is 0. The van der Waals surface area contributed by atoms with Crippen molar-refractivity contribution in [2.24, 2.45) is 29.6 Å². The highest BCUT2D eigenvalue weighted by molar-refractivity contribution is 5.62. The van der Waals surface area contributed by atoms with Crippen LogP contribution in [0.15, 0.2) is 24.8 Å². The van der Waals surface area contributed by atoms with Gasteiger partial charge >= 0.3 is 0 Å². The second kappa shape index (κ2) is 25.0. The average Bonchev–Trinajstić information content (AvgIpc) is 2.76. The molecule has 2 aliphatic carbocycles. The zero-order valence-corrected chi connectivity index (χ0v) is 22.0. The van der Waals surface area contributed by atoms with Gasteiger partial charge in [-0.15, -0.1) is 13.2 Å². The molecule has 0 radical (unpaired) electrons. The van der Waals surface area contributed by atoms with E-state index in [2.05, 4.69) is 46.9 Å². The lowest BCUT2D eigenvalue weighted by Gasteiger charge is -2.44. The molecule has 0 aliphatic heterocycles. The molecule has 176 valence electrons. The molecule has 1 saturated carbocycles. The van der Waals surface area contributed by atoms with Crippen LogP contribution < -0.4 is 0 Å². The molecule has 0 heterocycles. The molecule has 0 aromatic carbocycles. The van der Waals surface area contributed by atoms with Crippen LogP contribution in [0.4, 0.5) is 0 Å².